The van der Waals surface area contributed by atoms with Crippen molar-refractivity contribution >= 4 is 11.7 Å². The summed E-state index contributed by atoms with van der Waals surface area (Å²) in [6, 6.07) is 5.47. The molecule has 0 bridgehead atoms. The van der Waals surface area contributed by atoms with Crippen molar-refractivity contribution in [3.05, 3.63) is 59.2 Å². The monoisotopic (exact) mass is 490 g/mol. The number of nitrogens with one attached hydrogen (secondary N) is 1. The zero-order valence-electron chi connectivity index (χ0n) is 19.4. The summed E-state index contributed by atoms with van der Waals surface area (Å²) >= 11 is 0. The third-order valence-corrected chi connectivity index (χ3v) is 6.74. The Kier molecular flexibility index (Phi) is 5.65. The number of methoxy groups -OCH3 is 2. The first-order valence-corrected chi connectivity index (χ1v) is 11.2. The Morgan fingerprint density at radius 1 is 1.20 bits per heavy atom. The van der Waals surface area contributed by atoms with Gasteiger partial charge < -0.3 is 24.1 Å². The second-order valence-corrected chi connectivity index (χ2v) is 8.70. The highest BCUT2D eigenvalue weighted by Crippen LogP contribution is 2.44. The minimum Gasteiger partial charge on any atom is -0.493 e. The Morgan fingerprint density at radius 2 is 1.94 bits per heavy atom. The number of benzene rings is 1. The lowest BCUT2D eigenvalue weighted by molar-refractivity contribution is -0.174. The normalized spacial score (nSPS) is 21.7. The topological polar surface area (TPSA) is 81.8 Å². The van der Waals surface area contributed by atoms with Crippen LogP contribution in [0.3, 0.4) is 0 Å². The van der Waals surface area contributed by atoms with Crippen LogP contribution in [0.15, 0.2) is 41.0 Å². The number of fused-ring (bicyclic) bond motifs is 2. The molecule has 1 amide bonds. The van der Waals surface area contributed by atoms with Crippen LogP contribution >= 0.6 is 0 Å². The van der Waals surface area contributed by atoms with Crippen molar-refractivity contribution < 1.29 is 31.9 Å². The molecule has 11 heteroatoms. The average Bonchev–Trinajstić information content (AvgIpc) is 3.52. The average molecular weight is 490 g/mol. The summed E-state index contributed by atoms with van der Waals surface area (Å²) in [7, 11) is 3.10. The van der Waals surface area contributed by atoms with Crippen LogP contribution in [-0.4, -0.2) is 47.5 Å². The summed E-state index contributed by atoms with van der Waals surface area (Å²) in [6.45, 7) is 2.28. The molecule has 0 saturated heterocycles. The van der Waals surface area contributed by atoms with Crippen molar-refractivity contribution in [2.45, 2.75) is 44.1 Å². The molecule has 2 aromatic heterocycles. The molecular formula is C24H25F3N4O4. The van der Waals surface area contributed by atoms with E-state index in [1.54, 1.807) is 24.1 Å². The van der Waals surface area contributed by atoms with E-state index < -0.39 is 24.2 Å². The number of ether oxygens (including phenoxy) is 2. The van der Waals surface area contributed by atoms with Crippen molar-refractivity contribution in [2.75, 3.05) is 26.1 Å². The number of aromatic nitrogens is 2. The number of rotatable bonds is 4. The Bertz CT molecular complexity index is 1240. The molecule has 0 aliphatic carbocycles. The number of furan rings is 1. The maximum atomic E-state index is 13.9. The van der Waals surface area contributed by atoms with E-state index in [2.05, 4.69) is 10.4 Å². The molecule has 8 nitrogen and oxygen atoms in total. The number of hydrogen-bond donors (Lipinski definition) is 1. The molecule has 4 heterocycles. The van der Waals surface area contributed by atoms with Gasteiger partial charge in [-0.05, 0) is 48.7 Å². The minimum absolute atomic E-state index is 0.0439. The number of nitrogens with zero attached hydrogens (tertiary/aromatic N) is 3. The van der Waals surface area contributed by atoms with Gasteiger partial charge in [0.2, 0.25) is 0 Å². The van der Waals surface area contributed by atoms with Crippen LogP contribution in [0.5, 0.6) is 11.5 Å². The summed E-state index contributed by atoms with van der Waals surface area (Å²) in [6.07, 6.45) is -2.85. The smallest absolute Gasteiger partial charge is 0.410 e. The Morgan fingerprint density at radius 3 is 2.60 bits per heavy atom. The number of hydrogen-bond acceptors (Lipinski definition) is 6. The zero-order valence-corrected chi connectivity index (χ0v) is 19.4. The molecule has 0 radical (unpaired) electrons. The number of carbonyl (C=O) groups is 1. The Labute approximate surface area is 199 Å². The first kappa shape index (κ1) is 23.1. The Balaban J connectivity index is 1.46. The van der Waals surface area contributed by atoms with Crippen molar-refractivity contribution in [1.29, 1.82) is 0 Å². The van der Waals surface area contributed by atoms with Crippen molar-refractivity contribution in [1.82, 2.24) is 14.7 Å². The van der Waals surface area contributed by atoms with Crippen LogP contribution in [0.4, 0.5) is 19.0 Å². The van der Waals surface area contributed by atoms with E-state index >= 15 is 0 Å². The minimum atomic E-state index is -4.54. The van der Waals surface area contributed by atoms with Gasteiger partial charge in [-0.1, -0.05) is 0 Å². The SMILES string of the molecule is COc1cc2c(cc1OC)[C@H](C)N(C(=O)c1cc3n(n1)[C@H](C(F)(F)F)C[C@H](c1ccco1)N3)CC2. The molecule has 0 fully saturated rings. The number of anilines is 1. The molecule has 5 rings (SSSR count). The van der Waals surface area contributed by atoms with E-state index in [4.69, 9.17) is 13.9 Å². The van der Waals surface area contributed by atoms with Gasteiger partial charge in [-0.25, -0.2) is 4.68 Å². The van der Waals surface area contributed by atoms with Crippen LogP contribution in [-0.2, 0) is 6.42 Å². The number of alkyl halides is 3. The predicted molar refractivity (Wildman–Crippen MR) is 120 cm³/mol. The van der Waals surface area contributed by atoms with Gasteiger partial charge in [-0.3, -0.25) is 4.79 Å². The van der Waals surface area contributed by atoms with E-state index in [9.17, 15) is 18.0 Å². The van der Waals surface area contributed by atoms with E-state index in [-0.39, 0.29) is 24.0 Å². The molecule has 2 aliphatic heterocycles. The molecule has 2 aliphatic rings. The fourth-order valence-electron chi connectivity index (χ4n) is 4.92. The number of halogens is 3. The predicted octanol–water partition coefficient (Wildman–Crippen LogP) is 4.91. The first-order chi connectivity index (χ1) is 16.7. The number of amides is 1. The van der Waals surface area contributed by atoms with E-state index in [0.717, 1.165) is 15.8 Å². The fourth-order valence-corrected chi connectivity index (χ4v) is 4.92. The van der Waals surface area contributed by atoms with Crippen LogP contribution < -0.4 is 14.8 Å². The third kappa shape index (κ3) is 3.98. The molecular weight excluding hydrogens is 465 g/mol. The van der Waals surface area contributed by atoms with Gasteiger partial charge in [0.05, 0.1) is 32.6 Å². The summed E-state index contributed by atoms with van der Waals surface area (Å²) in [5.41, 5.74) is 1.89. The van der Waals surface area contributed by atoms with Gasteiger partial charge in [-0.2, -0.15) is 18.3 Å². The van der Waals surface area contributed by atoms with Gasteiger partial charge >= 0.3 is 6.18 Å². The molecule has 0 saturated carbocycles. The van der Waals surface area contributed by atoms with E-state index in [1.807, 2.05) is 19.1 Å². The van der Waals surface area contributed by atoms with Gasteiger partial charge in [0, 0.05) is 19.0 Å². The van der Waals surface area contributed by atoms with Crippen molar-refractivity contribution in [2.24, 2.45) is 0 Å². The lowest BCUT2D eigenvalue weighted by Gasteiger charge is -2.35. The summed E-state index contributed by atoms with van der Waals surface area (Å²) in [5.74, 6) is 1.24. The molecule has 0 unspecified atom stereocenters. The lowest BCUT2D eigenvalue weighted by Crippen LogP contribution is -2.39. The first-order valence-electron chi connectivity index (χ1n) is 11.2. The third-order valence-electron chi connectivity index (χ3n) is 6.74. The van der Waals surface area contributed by atoms with Gasteiger partial charge in [-0.15, -0.1) is 0 Å². The number of carbonyl (C=O) groups excluding carboxylic acids is 1. The largest absolute Gasteiger partial charge is 0.493 e. The molecule has 3 atom stereocenters. The van der Waals surface area contributed by atoms with Crippen molar-refractivity contribution in [3.63, 3.8) is 0 Å². The van der Waals surface area contributed by atoms with Crippen LogP contribution in [0.2, 0.25) is 0 Å². The second-order valence-electron chi connectivity index (χ2n) is 8.70. The van der Waals surface area contributed by atoms with Crippen molar-refractivity contribution in [3.8, 4) is 11.5 Å². The molecule has 1 aromatic carbocycles. The van der Waals surface area contributed by atoms with Gasteiger partial charge in [0.15, 0.2) is 23.2 Å². The molecule has 1 N–H and O–H groups in total. The van der Waals surface area contributed by atoms with Gasteiger partial charge in [0.1, 0.15) is 11.6 Å². The lowest BCUT2D eigenvalue weighted by atomic mass is 9.92. The maximum Gasteiger partial charge on any atom is 0.410 e. The molecule has 0 spiro atoms. The second kappa shape index (κ2) is 8.54. The molecule has 186 valence electrons. The van der Waals surface area contributed by atoms with Gasteiger partial charge in [0.25, 0.3) is 5.91 Å². The zero-order chi connectivity index (χ0) is 24.9. The highest BCUT2D eigenvalue weighted by atomic mass is 19.4. The van der Waals surface area contributed by atoms with Crippen LogP contribution in [0, 0.1) is 0 Å². The highest BCUT2D eigenvalue weighted by molar-refractivity contribution is 5.93. The fraction of sp³-hybridized carbons (Fsp3) is 0.417. The van der Waals surface area contributed by atoms with E-state index in [0.29, 0.717) is 30.2 Å². The summed E-state index contributed by atoms with van der Waals surface area (Å²) < 4.78 is 58.7. The van der Waals surface area contributed by atoms with E-state index in [1.165, 1.54) is 19.4 Å². The molecule has 35 heavy (non-hydrogen) atoms. The van der Waals surface area contributed by atoms with Crippen LogP contribution in [0.1, 0.15) is 58.8 Å². The van der Waals surface area contributed by atoms with Crippen LogP contribution in [0.25, 0.3) is 0 Å². The summed E-state index contributed by atoms with van der Waals surface area (Å²) in [5, 5.41) is 7.15. The molecule has 3 aromatic rings. The Hall–Kier alpha value is -3.63. The standard InChI is InChI=1S/C24H25F3N4O4/c1-13-15-10-20(34-3)19(33-2)9-14(15)6-7-30(13)23(32)17-12-22-28-16(18-5-4-8-35-18)11-21(24(25,26)27)31(22)29-17/h4-5,8-10,12-13,16,21,28H,6-7,11H2,1-3H3/t13-,16+,21-/m0/s1. The highest BCUT2D eigenvalue weighted by Gasteiger charge is 2.47. The quantitative estimate of drug-likeness (QED) is 0.560. The maximum absolute atomic E-state index is 13.9. The summed E-state index contributed by atoms with van der Waals surface area (Å²) in [4.78, 5) is 15.1.